The van der Waals surface area contributed by atoms with Crippen LogP contribution in [0.5, 0.6) is 5.75 Å². The summed E-state index contributed by atoms with van der Waals surface area (Å²) in [5.74, 6) is 5.76. The number of ether oxygens (including phenoxy) is 1. The second-order valence-electron chi connectivity index (χ2n) is 11.9. The van der Waals surface area contributed by atoms with Gasteiger partial charge in [0, 0.05) is 29.9 Å². The molecule has 4 N–H and O–H groups in total. The fourth-order valence-electron chi connectivity index (χ4n) is 9.88. The highest BCUT2D eigenvalue weighted by atomic mass is 16.5. The molecule has 0 radical (unpaired) electrons. The van der Waals surface area contributed by atoms with Crippen molar-refractivity contribution in [2.45, 2.75) is 36.9 Å². The van der Waals surface area contributed by atoms with Gasteiger partial charge in [-0.1, -0.05) is 0 Å². The van der Waals surface area contributed by atoms with Gasteiger partial charge in [-0.05, 0) is 66.5 Å². The molecule has 1 amide bonds. The Bertz CT molecular complexity index is 1670. The van der Waals surface area contributed by atoms with Gasteiger partial charge in [0.15, 0.2) is 5.75 Å². The Morgan fingerprint density at radius 1 is 1.22 bits per heavy atom. The first-order chi connectivity index (χ1) is 18.2. The zero-order chi connectivity index (χ0) is 24.2. The molecule has 0 spiro atoms. The first kappa shape index (κ1) is 19.5. The lowest BCUT2D eigenvalue weighted by Gasteiger charge is -2.75. The Labute approximate surface area is 211 Å². The van der Waals surface area contributed by atoms with Crippen LogP contribution in [0.15, 0.2) is 30.9 Å². The van der Waals surface area contributed by atoms with Gasteiger partial charge in [0.1, 0.15) is 23.3 Å². The van der Waals surface area contributed by atoms with Crippen LogP contribution in [0.25, 0.3) is 16.6 Å². The van der Waals surface area contributed by atoms with E-state index in [2.05, 4.69) is 36.0 Å². The molecule has 6 aliphatic carbocycles. The van der Waals surface area contributed by atoms with Crippen molar-refractivity contribution in [3.63, 3.8) is 0 Å². The van der Waals surface area contributed by atoms with Gasteiger partial charge in [-0.2, -0.15) is 5.10 Å². The van der Waals surface area contributed by atoms with Crippen LogP contribution in [0.4, 0.5) is 11.5 Å². The number of hydrogen-bond donors (Lipinski definition) is 4. The summed E-state index contributed by atoms with van der Waals surface area (Å²) < 4.78 is 7.49. The van der Waals surface area contributed by atoms with Gasteiger partial charge in [-0.25, -0.2) is 14.5 Å². The second kappa shape index (κ2) is 6.07. The van der Waals surface area contributed by atoms with E-state index in [1.165, 1.54) is 5.56 Å². The van der Waals surface area contributed by atoms with Crippen molar-refractivity contribution in [1.82, 2.24) is 35.2 Å². The number of nitrogens with zero attached hydrogens (tertiary/aromatic N) is 4. The van der Waals surface area contributed by atoms with Gasteiger partial charge in [-0.3, -0.25) is 4.79 Å². The molecule has 5 saturated carbocycles. The van der Waals surface area contributed by atoms with E-state index in [-0.39, 0.29) is 17.4 Å². The van der Waals surface area contributed by atoms with Crippen molar-refractivity contribution >= 4 is 34.0 Å². The predicted octanol–water partition coefficient (Wildman–Crippen LogP) is 1.79. The molecule has 6 bridgehead atoms. The average Bonchev–Trinajstić information content (AvgIpc) is 3.74. The molecule has 4 aromatic rings. The minimum atomic E-state index is -0.00470. The lowest BCUT2D eigenvalue weighted by Crippen LogP contribution is -2.91. The van der Waals surface area contributed by atoms with Crippen molar-refractivity contribution in [2.24, 2.45) is 35.5 Å². The smallest absolute Gasteiger partial charge is 0.224 e. The summed E-state index contributed by atoms with van der Waals surface area (Å²) >= 11 is 0. The van der Waals surface area contributed by atoms with Crippen LogP contribution in [0.3, 0.4) is 0 Å². The van der Waals surface area contributed by atoms with Crippen LogP contribution in [-0.2, 0) is 17.6 Å². The third-order valence-electron chi connectivity index (χ3n) is 11.0. The fraction of sp³-hybridized carbons (Fsp3) is 0.481. The van der Waals surface area contributed by atoms with E-state index >= 15 is 0 Å². The summed E-state index contributed by atoms with van der Waals surface area (Å²) in [6, 6.07) is 5.18. The monoisotopic (exact) mass is 494 g/mol. The van der Waals surface area contributed by atoms with E-state index < -0.39 is 0 Å². The number of carbonyl (C=O) groups excluding carboxylic acids is 1. The van der Waals surface area contributed by atoms with E-state index in [1.54, 1.807) is 24.1 Å². The van der Waals surface area contributed by atoms with Gasteiger partial charge in [0.25, 0.3) is 0 Å². The van der Waals surface area contributed by atoms with Gasteiger partial charge in [-0.15, -0.1) is 0 Å². The number of fused-ring (bicyclic) bond motifs is 4. The summed E-state index contributed by atoms with van der Waals surface area (Å²) in [4.78, 5) is 26.1. The Hall–Kier alpha value is -3.66. The molecule has 4 aromatic heterocycles. The molecule has 8 unspecified atom stereocenters. The van der Waals surface area contributed by atoms with E-state index in [0.29, 0.717) is 18.2 Å². The van der Waals surface area contributed by atoms with E-state index in [4.69, 9.17) is 4.74 Å². The van der Waals surface area contributed by atoms with E-state index in [1.807, 2.05) is 18.3 Å². The number of aryl methyl sites for hydroxylation is 1. The molecular weight excluding hydrogens is 468 g/mol. The maximum atomic E-state index is 13.5. The third-order valence-corrected chi connectivity index (χ3v) is 11.0. The summed E-state index contributed by atoms with van der Waals surface area (Å²) in [7, 11) is 1.66. The minimum absolute atomic E-state index is 0.00470. The molecule has 10 nitrogen and oxygen atoms in total. The Kier molecular flexibility index (Phi) is 3.19. The molecule has 7 aliphatic rings. The molecule has 0 aromatic carbocycles. The van der Waals surface area contributed by atoms with Crippen LogP contribution in [-0.4, -0.2) is 55.2 Å². The Morgan fingerprint density at radius 2 is 2.14 bits per heavy atom. The maximum Gasteiger partial charge on any atom is 0.224 e. The first-order valence-electron chi connectivity index (χ1n) is 13.4. The van der Waals surface area contributed by atoms with E-state index in [9.17, 15) is 4.79 Å². The highest BCUT2D eigenvalue weighted by Crippen LogP contribution is 2.89. The number of H-pyrrole nitrogens is 1. The van der Waals surface area contributed by atoms with Gasteiger partial charge in [0.05, 0.1) is 29.9 Å². The maximum absolute atomic E-state index is 13.5. The molecule has 1 saturated heterocycles. The van der Waals surface area contributed by atoms with Crippen molar-refractivity contribution in [3.8, 4) is 5.75 Å². The van der Waals surface area contributed by atoms with Crippen LogP contribution >= 0.6 is 0 Å². The standard InChI is InChI=1S/C27H26N8O2/c1-37-22-12(5-7-35-14(22)4-6-30-35)31-24-15-11-3-2-10(8-13(11)32-25(15)29-9-28-24)26(36)34-27-19-16-17-20(27)18(19)21(16)33-23(17)27/h4-7,9-10,16-21,23,33H,2-3,8H2,1H3,(H,34,36)(H2,28,29,31,32)/t10-,16?,17?,18?,19?,20?,21?,23?,27?/m0/s1. The van der Waals surface area contributed by atoms with Crippen LogP contribution < -0.4 is 20.7 Å². The van der Waals surface area contributed by atoms with Gasteiger partial charge < -0.3 is 25.7 Å². The minimum Gasteiger partial charge on any atom is -0.492 e. The molecule has 9 atom stereocenters. The summed E-state index contributed by atoms with van der Waals surface area (Å²) in [6.45, 7) is 0. The quantitative estimate of drug-likeness (QED) is 0.334. The van der Waals surface area contributed by atoms with Crippen molar-refractivity contribution in [1.29, 1.82) is 0 Å². The first-order valence-corrected chi connectivity index (χ1v) is 13.4. The molecule has 10 heteroatoms. The zero-order valence-electron chi connectivity index (χ0n) is 20.2. The van der Waals surface area contributed by atoms with E-state index in [0.717, 1.165) is 82.2 Å². The highest BCUT2D eigenvalue weighted by molar-refractivity contribution is 5.95. The number of aromatic amines is 1. The number of amides is 1. The van der Waals surface area contributed by atoms with Gasteiger partial charge >= 0.3 is 0 Å². The van der Waals surface area contributed by atoms with Crippen LogP contribution in [0, 0.1) is 35.5 Å². The zero-order valence-corrected chi connectivity index (χ0v) is 20.2. The average molecular weight is 495 g/mol. The van der Waals surface area contributed by atoms with Crippen molar-refractivity contribution < 1.29 is 9.53 Å². The molecular formula is C27H26N8O2. The number of pyridine rings is 1. The van der Waals surface area contributed by atoms with Crippen molar-refractivity contribution in [2.75, 3.05) is 12.4 Å². The molecule has 37 heavy (non-hydrogen) atoms. The third kappa shape index (κ3) is 1.96. The summed E-state index contributed by atoms with van der Waals surface area (Å²) in [5, 5.41) is 16.2. The highest BCUT2D eigenvalue weighted by Gasteiger charge is 2.98. The number of aromatic nitrogens is 5. The lowest BCUT2D eigenvalue weighted by atomic mass is 9.38. The number of piperidine rings is 4. The topological polar surface area (TPSA) is 121 Å². The Morgan fingerprint density at radius 3 is 2.92 bits per heavy atom. The number of carbonyl (C=O) groups is 1. The summed E-state index contributed by atoms with van der Waals surface area (Å²) in [6.07, 6.45) is 7.60. The van der Waals surface area contributed by atoms with Crippen molar-refractivity contribution in [3.05, 3.63) is 42.1 Å². The normalized spacial score (nSPS) is 38.7. The number of nitrogens with one attached hydrogen (secondary N) is 4. The SMILES string of the molecule is COc1c(Nc2ncnc3[nH]c4c(c23)CC[C@H](C(=O)NC23C5NC6C7C5C2C6C73)C4)ccn2nccc12. The largest absolute Gasteiger partial charge is 0.492 e. The lowest BCUT2D eigenvalue weighted by molar-refractivity contribution is -0.210. The molecule has 1 aliphatic heterocycles. The summed E-state index contributed by atoms with van der Waals surface area (Å²) in [5.41, 5.74) is 4.90. The number of rotatable bonds is 5. The molecule has 11 rings (SSSR count). The van der Waals surface area contributed by atoms with Gasteiger partial charge in [0.2, 0.25) is 5.91 Å². The fourth-order valence-corrected chi connectivity index (χ4v) is 9.88. The molecule has 6 fully saturated rings. The van der Waals surface area contributed by atoms with Crippen LogP contribution in [0.2, 0.25) is 0 Å². The number of anilines is 2. The second-order valence-corrected chi connectivity index (χ2v) is 11.9. The molecule has 186 valence electrons. The number of hydrogen-bond acceptors (Lipinski definition) is 7. The predicted molar refractivity (Wildman–Crippen MR) is 133 cm³/mol. The number of methoxy groups -OCH3 is 1. The van der Waals surface area contributed by atoms with Crippen LogP contribution in [0.1, 0.15) is 17.7 Å². The Balaban J connectivity index is 0.951. The molecule has 5 heterocycles.